The molecule has 1 fully saturated rings. The van der Waals surface area contributed by atoms with Crippen LogP contribution in [0, 0.1) is 5.92 Å². The van der Waals surface area contributed by atoms with E-state index in [1.54, 1.807) is 0 Å². The van der Waals surface area contributed by atoms with Crippen molar-refractivity contribution in [2.24, 2.45) is 11.7 Å². The van der Waals surface area contributed by atoms with Crippen LogP contribution >= 0.6 is 0 Å². The maximum absolute atomic E-state index is 5.48. The SMILES string of the molecule is NC1=CC(C2CC2)NN1. The fraction of sp³-hybridized carbons (Fsp3) is 0.667. The molecule has 9 heavy (non-hydrogen) atoms. The Labute approximate surface area is 54.3 Å². The molecule has 1 unspecified atom stereocenters. The highest BCUT2D eigenvalue weighted by atomic mass is 15.4. The highest BCUT2D eigenvalue weighted by Gasteiger charge is 2.31. The first-order valence-electron chi connectivity index (χ1n) is 3.35. The number of hydrogen-bond donors (Lipinski definition) is 3. The maximum atomic E-state index is 5.48. The van der Waals surface area contributed by atoms with Gasteiger partial charge >= 0.3 is 0 Å². The average Bonchev–Trinajstić information content (AvgIpc) is 2.58. The molecule has 1 aliphatic heterocycles. The van der Waals surface area contributed by atoms with E-state index in [9.17, 15) is 0 Å². The van der Waals surface area contributed by atoms with E-state index < -0.39 is 0 Å². The van der Waals surface area contributed by atoms with E-state index in [1.807, 2.05) is 0 Å². The Bertz CT molecular complexity index is 148. The Morgan fingerprint density at radius 2 is 2.33 bits per heavy atom. The molecule has 2 aliphatic rings. The van der Waals surface area contributed by atoms with Gasteiger partial charge in [0.05, 0.1) is 6.04 Å². The molecule has 0 aromatic carbocycles. The van der Waals surface area contributed by atoms with Gasteiger partial charge in [0.25, 0.3) is 0 Å². The number of hydrazine groups is 1. The van der Waals surface area contributed by atoms with Crippen molar-refractivity contribution in [3.63, 3.8) is 0 Å². The normalized spacial score (nSPS) is 33.8. The third kappa shape index (κ3) is 0.876. The summed E-state index contributed by atoms with van der Waals surface area (Å²) >= 11 is 0. The van der Waals surface area contributed by atoms with E-state index in [0.29, 0.717) is 6.04 Å². The standard InChI is InChI=1S/C6H11N3/c7-6-3-5(8-9-6)4-1-2-4/h3-5,8-9H,1-2,7H2. The van der Waals surface area contributed by atoms with Crippen molar-refractivity contribution in [2.75, 3.05) is 0 Å². The zero-order chi connectivity index (χ0) is 6.27. The van der Waals surface area contributed by atoms with Crippen LogP contribution < -0.4 is 16.6 Å². The highest BCUT2D eigenvalue weighted by Crippen LogP contribution is 2.33. The van der Waals surface area contributed by atoms with Crippen LogP contribution in [0.3, 0.4) is 0 Å². The summed E-state index contributed by atoms with van der Waals surface area (Å²) in [4.78, 5) is 0. The second-order valence-corrected chi connectivity index (χ2v) is 2.75. The van der Waals surface area contributed by atoms with Gasteiger partial charge in [0.2, 0.25) is 0 Å². The molecule has 3 nitrogen and oxygen atoms in total. The molecule has 0 radical (unpaired) electrons. The van der Waals surface area contributed by atoms with Crippen LogP contribution in [0.1, 0.15) is 12.8 Å². The van der Waals surface area contributed by atoms with E-state index in [2.05, 4.69) is 16.9 Å². The summed E-state index contributed by atoms with van der Waals surface area (Å²) in [5, 5.41) is 0. The average molecular weight is 125 g/mol. The fourth-order valence-corrected chi connectivity index (χ4v) is 1.15. The lowest BCUT2D eigenvalue weighted by Gasteiger charge is -2.03. The molecule has 0 spiro atoms. The van der Waals surface area contributed by atoms with E-state index in [-0.39, 0.29) is 0 Å². The van der Waals surface area contributed by atoms with Crippen molar-refractivity contribution in [1.82, 2.24) is 10.9 Å². The molecule has 2 rings (SSSR count). The lowest BCUT2D eigenvalue weighted by Crippen LogP contribution is -2.34. The van der Waals surface area contributed by atoms with Crippen LogP contribution in [0.5, 0.6) is 0 Å². The summed E-state index contributed by atoms with van der Waals surface area (Å²) in [5.41, 5.74) is 11.5. The smallest absolute Gasteiger partial charge is 0.108 e. The first-order valence-corrected chi connectivity index (χ1v) is 3.35. The zero-order valence-electron chi connectivity index (χ0n) is 5.22. The molecule has 0 bridgehead atoms. The Morgan fingerprint density at radius 3 is 2.78 bits per heavy atom. The molecule has 3 heteroatoms. The molecular formula is C6H11N3. The summed E-state index contributed by atoms with van der Waals surface area (Å²) in [7, 11) is 0. The number of nitrogens with one attached hydrogen (secondary N) is 2. The molecule has 1 atom stereocenters. The molecule has 1 aliphatic carbocycles. The summed E-state index contributed by atoms with van der Waals surface area (Å²) in [5.74, 6) is 1.62. The van der Waals surface area contributed by atoms with Crippen molar-refractivity contribution in [3.05, 3.63) is 11.9 Å². The quantitative estimate of drug-likeness (QED) is 0.450. The van der Waals surface area contributed by atoms with E-state index in [0.717, 1.165) is 11.7 Å². The monoisotopic (exact) mass is 125 g/mol. The molecular weight excluding hydrogens is 114 g/mol. The van der Waals surface area contributed by atoms with Gasteiger partial charge < -0.3 is 11.2 Å². The van der Waals surface area contributed by atoms with Crippen molar-refractivity contribution in [1.29, 1.82) is 0 Å². The second-order valence-electron chi connectivity index (χ2n) is 2.75. The first kappa shape index (κ1) is 5.11. The van der Waals surface area contributed by atoms with Gasteiger partial charge in [0.1, 0.15) is 5.82 Å². The van der Waals surface area contributed by atoms with Gasteiger partial charge in [-0.05, 0) is 24.8 Å². The second kappa shape index (κ2) is 1.64. The number of rotatable bonds is 1. The van der Waals surface area contributed by atoms with Crippen LogP contribution in [0.15, 0.2) is 11.9 Å². The van der Waals surface area contributed by atoms with Crippen LogP contribution in [-0.4, -0.2) is 6.04 Å². The maximum Gasteiger partial charge on any atom is 0.108 e. The molecule has 0 amide bonds. The van der Waals surface area contributed by atoms with Crippen LogP contribution in [0.25, 0.3) is 0 Å². The van der Waals surface area contributed by atoms with Crippen molar-refractivity contribution < 1.29 is 0 Å². The Hall–Kier alpha value is -0.700. The van der Waals surface area contributed by atoms with Crippen molar-refractivity contribution in [3.8, 4) is 0 Å². The summed E-state index contributed by atoms with van der Waals surface area (Å²) < 4.78 is 0. The lowest BCUT2D eigenvalue weighted by molar-refractivity contribution is 0.528. The largest absolute Gasteiger partial charge is 0.385 e. The van der Waals surface area contributed by atoms with Gasteiger partial charge in [0.15, 0.2) is 0 Å². The van der Waals surface area contributed by atoms with Gasteiger partial charge in [-0.1, -0.05) is 0 Å². The van der Waals surface area contributed by atoms with Crippen LogP contribution in [0.2, 0.25) is 0 Å². The van der Waals surface area contributed by atoms with Gasteiger partial charge in [0, 0.05) is 0 Å². The lowest BCUT2D eigenvalue weighted by atomic mass is 10.2. The molecule has 0 aromatic heterocycles. The van der Waals surface area contributed by atoms with Gasteiger partial charge in [-0.25, -0.2) is 5.43 Å². The van der Waals surface area contributed by atoms with E-state index in [4.69, 9.17) is 5.73 Å². The molecule has 1 heterocycles. The minimum absolute atomic E-state index is 0.505. The van der Waals surface area contributed by atoms with E-state index in [1.165, 1.54) is 12.8 Å². The van der Waals surface area contributed by atoms with Crippen LogP contribution in [-0.2, 0) is 0 Å². The van der Waals surface area contributed by atoms with Gasteiger partial charge in [-0.15, -0.1) is 0 Å². The summed E-state index contributed by atoms with van der Waals surface area (Å²) in [6.07, 6.45) is 4.75. The Morgan fingerprint density at radius 1 is 1.56 bits per heavy atom. The van der Waals surface area contributed by atoms with E-state index >= 15 is 0 Å². The summed E-state index contributed by atoms with van der Waals surface area (Å²) in [6, 6.07) is 0.505. The number of nitrogens with two attached hydrogens (primary N) is 1. The van der Waals surface area contributed by atoms with Gasteiger partial charge in [-0.3, -0.25) is 0 Å². The zero-order valence-corrected chi connectivity index (χ0v) is 5.22. The minimum atomic E-state index is 0.505. The topological polar surface area (TPSA) is 50.1 Å². The van der Waals surface area contributed by atoms with Crippen LogP contribution in [0.4, 0.5) is 0 Å². The Kier molecular flexibility index (Phi) is 0.931. The van der Waals surface area contributed by atoms with Crippen molar-refractivity contribution >= 4 is 0 Å². The predicted octanol–water partition coefficient (Wildman–Crippen LogP) is -0.327. The first-order chi connectivity index (χ1) is 4.36. The van der Waals surface area contributed by atoms with Gasteiger partial charge in [-0.2, -0.15) is 0 Å². The molecule has 4 N–H and O–H groups in total. The molecule has 0 saturated heterocycles. The summed E-state index contributed by atoms with van der Waals surface area (Å²) in [6.45, 7) is 0. The molecule has 0 aromatic rings. The predicted molar refractivity (Wildman–Crippen MR) is 35.1 cm³/mol. The molecule has 1 saturated carbocycles. The Balaban J connectivity index is 1.99. The fourth-order valence-electron chi connectivity index (χ4n) is 1.15. The highest BCUT2D eigenvalue weighted by molar-refractivity contribution is 5.10. The molecule has 50 valence electrons. The van der Waals surface area contributed by atoms with Crippen molar-refractivity contribution in [2.45, 2.75) is 18.9 Å². The number of hydrogen-bond acceptors (Lipinski definition) is 3. The third-order valence-corrected chi connectivity index (χ3v) is 1.87. The third-order valence-electron chi connectivity index (χ3n) is 1.87. The minimum Gasteiger partial charge on any atom is -0.385 e.